The van der Waals surface area contributed by atoms with E-state index in [1.54, 1.807) is 29.3 Å². The van der Waals surface area contributed by atoms with Gasteiger partial charge in [-0.25, -0.2) is 9.96 Å². The topological polar surface area (TPSA) is 49.9 Å². The molecule has 0 N–H and O–H groups in total. The van der Waals surface area contributed by atoms with Crippen molar-refractivity contribution in [2.45, 2.75) is 19.1 Å². The number of para-hydroxylation sites is 1. The zero-order valence-electron chi connectivity index (χ0n) is 16.2. The second kappa shape index (κ2) is 7.27. The second-order valence-electron chi connectivity index (χ2n) is 7.56. The van der Waals surface area contributed by atoms with Crippen molar-refractivity contribution in [2.24, 2.45) is 5.92 Å². The molecule has 6 heteroatoms. The number of carbonyl (C=O) groups excluding carboxylic acids is 2. The summed E-state index contributed by atoms with van der Waals surface area (Å²) >= 11 is 5.97. The van der Waals surface area contributed by atoms with E-state index in [-0.39, 0.29) is 11.8 Å². The molecular formula is C24H19ClN2O3. The van der Waals surface area contributed by atoms with Gasteiger partial charge in [-0.1, -0.05) is 59.6 Å². The summed E-state index contributed by atoms with van der Waals surface area (Å²) < 4.78 is 0. The predicted octanol–water partition coefficient (Wildman–Crippen LogP) is 4.70. The highest BCUT2D eigenvalue weighted by Crippen LogP contribution is 2.47. The molecule has 0 aromatic heterocycles. The zero-order valence-corrected chi connectivity index (χ0v) is 17.0. The average Bonchev–Trinajstić information content (AvgIpc) is 3.27. The van der Waals surface area contributed by atoms with Crippen molar-refractivity contribution in [2.75, 3.05) is 9.96 Å². The van der Waals surface area contributed by atoms with Crippen LogP contribution in [0.4, 0.5) is 11.4 Å². The lowest BCUT2D eigenvalue weighted by Crippen LogP contribution is -2.37. The van der Waals surface area contributed by atoms with Crippen molar-refractivity contribution in [3.63, 3.8) is 0 Å². The van der Waals surface area contributed by atoms with Crippen molar-refractivity contribution in [1.29, 1.82) is 0 Å². The first-order chi connectivity index (χ1) is 14.5. The van der Waals surface area contributed by atoms with Gasteiger partial charge in [0.25, 0.3) is 5.91 Å². The third-order valence-corrected chi connectivity index (χ3v) is 5.88. The minimum absolute atomic E-state index is 0.267. The van der Waals surface area contributed by atoms with Crippen LogP contribution in [0.15, 0.2) is 78.9 Å². The largest absolute Gasteiger partial charge is 0.273 e. The molecule has 2 fully saturated rings. The third-order valence-electron chi connectivity index (χ3n) is 5.63. The van der Waals surface area contributed by atoms with E-state index in [4.69, 9.17) is 16.4 Å². The molecule has 2 amide bonds. The molecule has 3 aromatic rings. The Morgan fingerprint density at radius 3 is 2.13 bits per heavy atom. The molecule has 2 heterocycles. The summed E-state index contributed by atoms with van der Waals surface area (Å²) in [6.07, 6.45) is -0.875. The molecule has 2 aliphatic rings. The van der Waals surface area contributed by atoms with Crippen molar-refractivity contribution >= 4 is 34.8 Å². The van der Waals surface area contributed by atoms with Crippen LogP contribution in [0.25, 0.3) is 0 Å². The molecular weight excluding hydrogens is 400 g/mol. The Labute approximate surface area is 179 Å². The average molecular weight is 419 g/mol. The summed E-state index contributed by atoms with van der Waals surface area (Å²) in [5, 5.41) is 2.25. The van der Waals surface area contributed by atoms with Gasteiger partial charge < -0.3 is 0 Å². The summed E-state index contributed by atoms with van der Waals surface area (Å²) in [7, 11) is 0. The van der Waals surface area contributed by atoms with Gasteiger partial charge in [-0.2, -0.15) is 0 Å². The summed E-state index contributed by atoms with van der Waals surface area (Å²) in [4.78, 5) is 34.0. The van der Waals surface area contributed by atoms with Crippen LogP contribution in [-0.2, 0) is 14.4 Å². The summed E-state index contributed by atoms with van der Waals surface area (Å²) in [5.41, 5.74) is 3.35. The van der Waals surface area contributed by atoms with Gasteiger partial charge in [0.2, 0.25) is 5.91 Å². The number of carbonyl (C=O) groups is 2. The fourth-order valence-corrected chi connectivity index (χ4v) is 4.29. The monoisotopic (exact) mass is 418 g/mol. The fourth-order valence-electron chi connectivity index (χ4n) is 4.16. The molecule has 3 atom stereocenters. The minimum atomic E-state index is -0.875. The molecule has 0 spiro atoms. The van der Waals surface area contributed by atoms with Gasteiger partial charge in [0.1, 0.15) is 5.92 Å². The van der Waals surface area contributed by atoms with Crippen LogP contribution < -0.4 is 9.96 Å². The van der Waals surface area contributed by atoms with E-state index in [0.717, 1.165) is 16.8 Å². The number of amides is 2. The maximum Gasteiger partial charge on any atom is 0.266 e. The third kappa shape index (κ3) is 2.98. The highest BCUT2D eigenvalue weighted by Gasteiger charge is 2.60. The molecule has 2 aliphatic heterocycles. The van der Waals surface area contributed by atoms with Crippen LogP contribution >= 0.6 is 11.6 Å². The molecule has 5 nitrogen and oxygen atoms in total. The SMILES string of the molecule is Cc1ccc([C@@H]2[C@H]3C(=O)N(c4ccc(Cl)cc4)C(=O)[C@H]3ON2c2ccccc2)cc1. The first-order valence-electron chi connectivity index (χ1n) is 9.75. The van der Waals surface area contributed by atoms with Crippen LogP contribution in [0.3, 0.4) is 0 Å². The number of hydrogen-bond donors (Lipinski definition) is 0. The maximum atomic E-state index is 13.5. The van der Waals surface area contributed by atoms with Crippen molar-refractivity contribution in [3.05, 3.63) is 95.0 Å². The Morgan fingerprint density at radius 1 is 0.800 bits per heavy atom. The minimum Gasteiger partial charge on any atom is -0.273 e. The standard InChI is InChI=1S/C24H19ClN2O3/c1-15-7-9-16(10-8-15)21-20-22(30-27(21)19-5-3-2-4-6-19)24(29)26(23(20)28)18-13-11-17(25)12-14-18/h2-14,20-22H,1H3/t20-,21-,22+/m1/s1. The van der Waals surface area contributed by atoms with Crippen molar-refractivity contribution < 1.29 is 14.4 Å². The Kier molecular flexibility index (Phi) is 4.57. The van der Waals surface area contributed by atoms with E-state index in [1.165, 1.54) is 4.90 Å². The first kappa shape index (κ1) is 18.9. The van der Waals surface area contributed by atoms with E-state index in [1.807, 2.05) is 61.5 Å². The number of nitrogens with zero attached hydrogens (tertiary/aromatic N) is 2. The van der Waals surface area contributed by atoms with Gasteiger partial charge in [-0.05, 0) is 48.9 Å². The molecule has 0 aliphatic carbocycles. The lowest BCUT2D eigenvalue weighted by atomic mass is 9.90. The van der Waals surface area contributed by atoms with Crippen molar-refractivity contribution in [1.82, 2.24) is 0 Å². The number of anilines is 2. The fraction of sp³-hybridized carbons (Fsp3) is 0.167. The van der Waals surface area contributed by atoms with E-state index >= 15 is 0 Å². The normalized spacial score (nSPS) is 23.2. The van der Waals surface area contributed by atoms with Gasteiger partial charge in [-0.15, -0.1) is 0 Å². The second-order valence-corrected chi connectivity index (χ2v) is 7.99. The quantitative estimate of drug-likeness (QED) is 0.578. The van der Waals surface area contributed by atoms with E-state index < -0.39 is 18.1 Å². The Balaban J connectivity index is 1.58. The molecule has 0 unspecified atom stereocenters. The van der Waals surface area contributed by atoms with Crippen LogP contribution in [0.1, 0.15) is 17.2 Å². The number of hydroxylamine groups is 1. The predicted molar refractivity (Wildman–Crippen MR) is 115 cm³/mol. The molecule has 0 saturated carbocycles. The zero-order chi connectivity index (χ0) is 20.8. The van der Waals surface area contributed by atoms with E-state index in [9.17, 15) is 9.59 Å². The highest BCUT2D eigenvalue weighted by molar-refractivity contribution is 6.31. The summed E-state index contributed by atoms with van der Waals surface area (Å²) in [5.74, 6) is -1.27. The Morgan fingerprint density at radius 2 is 1.47 bits per heavy atom. The Hall–Kier alpha value is -3.15. The molecule has 30 heavy (non-hydrogen) atoms. The lowest BCUT2D eigenvalue weighted by Gasteiger charge is -2.28. The molecule has 5 rings (SSSR count). The highest BCUT2D eigenvalue weighted by atomic mass is 35.5. The van der Waals surface area contributed by atoms with Crippen LogP contribution in [0, 0.1) is 12.8 Å². The smallest absolute Gasteiger partial charge is 0.266 e. The number of fused-ring (bicyclic) bond motifs is 1. The van der Waals surface area contributed by atoms with E-state index in [0.29, 0.717) is 10.7 Å². The molecule has 0 bridgehead atoms. The van der Waals surface area contributed by atoms with Gasteiger partial charge in [0.05, 0.1) is 17.4 Å². The van der Waals surface area contributed by atoms with Crippen LogP contribution in [0.5, 0.6) is 0 Å². The molecule has 2 saturated heterocycles. The van der Waals surface area contributed by atoms with Gasteiger partial charge in [0, 0.05) is 5.02 Å². The van der Waals surface area contributed by atoms with E-state index in [2.05, 4.69) is 0 Å². The molecule has 0 radical (unpaired) electrons. The maximum absolute atomic E-state index is 13.5. The van der Waals surface area contributed by atoms with Crippen molar-refractivity contribution in [3.8, 4) is 0 Å². The number of hydrogen-bond acceptors (Lipinski definition) is 4. The number of benzene rings is 3. The summed E-state index contributed by atoms with van der Waals surface area (Å²) in [6, 6.07) is 23.8. The molecule has 3 aromatic carbocycles. The Bertz CT molecular complexity index is 1100. The van der Waals surface area contributed by atoms with Crippen LogP contribution in [0.2, 0.25) is 5.02 Å². The molecule has 150 valence electrons. The number of aryl methyl sites for hydroxylation is 1. The van der Waals surface area contributed by atoms with Gasteiger partial charge in [0.15, 0.2) is 6.10 Å². The van der Waals surface area contributed by atoms with Gasteiger partial charge in [-0.3, -0.25) is 14.4 Å². The lowest BCUT2D eigenvalue weighted by molar-refractivity contribution is -0.126. The number of rotatable bonds is 3. The number of halogens is 1. The number of imide groups is 1. The summed E-state index contributed by atoms with van der Waals surface area (Å²) in [6.45, 7) is 2.01. The van der Waals surface area contributed by atoms with Gasteiger partial charge >= 0.3 is 0 Å². The van der Waals surface area contributed by atoms with Crippen LogP contribution in [-0.4, -0.2) is 17.9 Å². The first-order valence-corrected chi connectivity index (χ1v) is 10.1.